The van der Waals surface area contributed by atoms with Gasteiger partial charge in [-0.3, -0.25) is 9.69 Å². The molecule has 3 heterocycles. The quantitative estimate of drug-likeness (QED) is 0.853. The van der Waals surface area contributed by atoms with Gasteiger partial charge in [0.25, 0.3) is 0 Å². The molecule has 6 nitrogen and oxygen atoms in total. The van der Waals surface area contributed by atoms with Crippen molar-refractivity contribution in [1.82, 2.24) is 20.2 Å². The number of rotatable bonds is 2. The van der Waals surface area contributed by atoms with E-state index in [-0.39, 0.29) is 18.0 Å². The average Bonchev–Trinajstić information content (AvgIpc) is 2.48. The van der Waals surface area contributed by atoms with Crippen molar-refractivity contribution in [2.75, 3.05) is 19.8 Å². The molecule has 2 aliphatic rings. The molecule has 6 heteroatoms. The molecule has 0 saturated carbocycles. The van der Waals surface area contributed by atoms with Crippen LogP contribution >= 0.6 is 0 Å². The van der Waals surface area contributed by atoms with Crippen molar-refractivity contribution in [2.24, 2.45) is 0 Å². The molecule has 1 amide bonds. The summed E-state index contributed by atoms with van der Waals surface area (Å²) in [5, 5.41) is 3.04. The number of carbonyl (C=O) groups is 1. The topological polar surface area (TPSA) is 67.3 Å². The Morgan fingerprint density at radius 2 is 2.20 bits per heavy atom. The maximum atomic E-state index is 12.0. The van der Waals surface area contributed by atoms with Gasteiger partial charge in [0.2, 0.25) is 5.91 Å². The van der Waals surface area contributed by atoms with Crippen LogP contribution in [-0.2, 0) is 9.53 Å². The lowest BCUT2D eigenvalue weighted by Gasteiger charge is -2.42. The predicted octanol–water partition coefficient (Wildman–Crippen LogP) is 0.517. The van der Waals surface area contributed by atoms with Crippen LogP contribution in [0.2, 0.25) is 0 Å². The summed E-state index contributed by atoms with van der Waals surface area (Å²) in [4.78, 5) is 22.5. The first-order valence-corrected chi connectivity index (χ1v) is 7.12. The lowest BCUT2D eigenvalue weighted by molar-refractivity contribution is -0.127. The molecule has 3 unspecified atom stereocenters. The van der Waals surface area contributed by atoms with Gasteiger partial charge in [0.05, 0.1) is 19.3 Å². The van der Waals surface area contributed by atoms with Gasteiger partial charge >= 0.3 is 0 Å². The van der Waals surface area contributed by atoms with Gasteiger partial charge in [-0.1, -0.05) is 0 Å². The third kappa shape index (κ3) is 2.81. The van der Waals surface area contributed by atoms with Gasteiger partial charge in [-0.25, -0.2) is 9.97 Å². The third-order valence-corrected chi connectivity index (χ3v) is 4.13. The molecule has 1 aromatic heterocycles. The van der Waals surface area contributed by atoms with Gasteiger partial charge in [-0.15, -0.1) is 0 Å². The largest absolute Gasteiger partial charge is 0.379 e. The van der Waals surface area contributed by atoms with Crippen LogP contribution in [0.15, 0.2) is 18.7 Å². The highest BCUT2D eigenvalue weighted by molar-refractivity contribution is 5.78. The Labute approximate surface area is 118 Å². The fourth-order valence-electron chi connectivity index (χ4n) is 3.13. The van der Waals surface area contributed by atoms with E-state index in [2.05, 4.69) is 27.1 Å². The summed E-state index contributed by atoms with van der Waals surface area (Å²) < 4.78 is 5.48. The predicted molar refractivity (Wildman–Crippen MR) is 72.9 cm³/mol. The highest BCUT2D eigenvalue weighted by Crippen LogP contribution is 2.28. The smallest absolute Gasteiger partial charge is 0.222 e. The zero-order chi connectivity index (χ0) is 13.9. The second-order valence-electron chi connectivity index (χ2n) is 5.55. The zero-order valence-electron chi connectivity index (χ0n) is 11.7. The van der Waals surface area contributed by atoms with Crippen molar-refractivity contribution in [3.63, 3.8) is 0 Å². The van der Waals surface area contributed by atoms with Crippen LogP contribution in [0.1, 0.15) is 31.4 Å². The second-order valence-corrected chi connectivity index (χ2v) is 5.55. The molecule has 20 heavy (non-hydrogen) atoms. The van der Waals surface area contributed by atoms with Crippen LogP contribution in [0.25, 0.3) is 0 Å². The molecular formula is C14H20N4O2. The van der Waals surface area contributed by atoms with Crippen molar-refractivity contribution >= 4 is 5.91 Å². The Bertz CT molecular complexity index is 468. The maximum Gasteiger partial charge on any atom is 0.222 e. The Morgan fingerprint density at radius 1 is 1.40 bits per heavy atom. The first-order valence-electron chi connectivity index (χ1n) is 7.12. The minimum absolute atomic E-state index is 0.0116. The van der Waals surface area contributed by atoms with E-state index in [1.54, 1.807) is 12.4 Å². The molecule has 2 saturated heterocycles. The Hall–Kier alpha value is -1.53. The van der Waals surface area contributed by atoms with Crippen LogP contribution < -0.4 is 5.32 Å². The fourth-order valence-corrected chi connectivity index (χ4v) is 3.13. The summed E-state index contributed by atoms with van der Waals surface area (Å²) in [6, 6.07) is 0.651. The summed E-state index contributed by atoms with van der Waals surface area (Å²) in [5.74, 6) is 0.105. The molecule has 2 aliphatic heterocycles. The summed E-state index contributed by atoms with van der Waals surface area (Å²) in [5.41, 5.74) is 0.978. The first-order chi connectivity index (χ1) is 9.74. The van der Waals surface area contributed by atoms with Crippen LogP contribution in [0.4, 0.5) is 0 Å². The van der Waals surface area contributed by atoms with Crippen LogP contribution in [-0.4, -0.2) is 52.6 Å². The molecule has 0 radical (unpaired) electrons. The highest BCUT2D eigenvalue weighted by atomic mass is 16.5. The van der Waals surface area contributed by atoms with Crippen molar-refractivity contribution in [1.29, 1.82) is 0 Å². The monoisotopic (exact) mass is 276 g/mol. The molecule has 108 valence electrons. The normalized spacial score (nSPS) is 31.9. The number of amides is 1. The van der Waals surface area contributed by atoms with Crippen LogP contribution in [0.3, 0.4) is 0 Å². The minimum atomic E-state index is 0.0116. The number of hydrogen-bond acceptors (Lipinski definition) is 5. The van der Waals surface area contributed by atoms with Crippen molar-refractivity contribution in [2.45, 2.75) is 37.9 Å². The SMILES string of the molecule is CC1COCCN1C1CC(=O)NC(c2cncnc2)C1. The van der Waals surface area contributed by atoms with Crippen LogP contribution in [0.5, 0.6) is 0 Å². The number of hydrogen-bond donors (Lipinski definition) is 1. The van der Waals surface area contributed by atoms with E-state index in [0.717, 1.165) is 31.7 Å². The average molecular weight is 276 g/mol. The summed E-state index contributed by atoms with van der Waals surface area (Å²) in [6.07, 6.45) is 6.54. The van der Waals surface area contributed by atoms with E-state index in [9.17, 15) is 4.79 Å². The number of morpholine rings is 1. The van der Waals surface area contributed by atoms with Crippen molar-refractivity contribution < 1.29 is 9.53 Å². The van der Waals surface area contributed by atoms with Crippen LogP contribution in [0, 0.1) is 0 Å². The summed E-state index contributed by atoms with van der Waals surface area (Å²) >= 11 is 0. The molecule has 3 atom stereocenters. The Kier molecular flexibility index (Phi) is 3.93. The first kappa shape index (κ1) is 13.5. The number of carbonyl (C=O) groups excluding carboxylic acids is 1. The molecule has 3 rings (SSSR count). The number of aromatic nitrogens is 2. The van der Waals surface area contributed by atoms with Gasteiger partial charge in [0, 0.05) is 43.0 Å². The van der Waals surface area contributed by atoms with Crippen molar-refractivity contribution in [3.05, 3.63) is 24.3 Å². The highest BCUT2D eigenvalue weighted by Gasteiger charge is 2.34. The molecule has 1 aromatic rings. The lowest BCUT2D eigenvalue weighted by Crippen LogP contribution is -2.54. The molecule has 1 N–H and O–H groups in total. The molecule has 0 aliphatic carbocycles. The summed E-state index contributed by atoms with van der Waals surface area (Å²) in [6.45, 7) is 4.56. The number of piperidine rings is 1. The standard InChI is InChI=1S/C14H20N4O2/c1-10-8-20-3-2-18(10)12-4-13(17-14(19)5-12)11-6-15-9-16-7-11/h6-7,9-10,12-13H,2-5,8H2,1H3,(H,17,19). The Morgan fingerprint density at radius 3 is 2.95 bits per heavy atom. The fraction of sp³-hybridized carbons (Fsp3) is 0.643. The van der Waals surface area contributed by atoms with Gasteiger partial charge < -0.3 is 10.1 Å². The van der Waals surface area contributed by atoms with E-state index >= 15 is 0 Å². The molecule has 0 spiro atoms. The van der Waals surface area contributed by atoms with Crippen molar-refractivity contribution in [3.8, 4) is 0 Å². The van der Waals surface area contributed by atoms with E-state index in [1.165, 1.54) is 6.33 Å². The zero-order valence-corrected chi connectivity index (χ0v) is 11.7. The minimum Gasteiger partial charge on any atom is -0.379 e. The number of nitrogens with one attached hydrogen (secondary N) is 1. The van der Waals surface area contributed by atoms with E-state index in [0.29, 0.717) is 12.5 Å². The van der Waals surface area contributed by atoms with Gasteiger partial charge in [-0.2, -0.15) is 0 Å². The number of ether oxygens (including phenoxy) is 1. The maximum absolute atomic E-state index is 12.0. The lowest BCUT2D eigenvalue weighted by atomic mass is 9.92. The molecular weight excluding hydrogens is 256 g/mol. The molecule has 0 aromatic carbocycles. The van der Waals surface area contributed by atoms with E-state index in [1.807, 2.05) is 0 Å². The third-order valence-electron chi connectivity index (χ3n) is 4.13. The second kappa shape index (κ2) is 5.85. The van der Waals surface area contributed by atoms with E-state index < -0.39 is 0 Å². The number of nitrogens with zero attached hydrogens (tertiary/aromatic N) is 3. The molecule has 2 fully saturated rings. The van der Waals surface area contributed by atoms with Gasteiger partial charge in [-0.05, 0) is 13.3 Å². The molecule has 0 bridgehead atoms. The van der Waals surface area contributed by atoms with Gasteiger partial charge in [0.1, 0.15) is 6.33 Å². The van der Waals surface area contributed by atoms with Gasteiger partial charge in [0.15, 0.2) is 0 Å². The summed E-state index contributed by atoms with van der Waals surface area (Å²) in [7, 11) is 0. The van der Waals surface area contributed by atoms with E-state index in [4.69, 9.17) is 4.74 Å². The Balaban J connectivity index is 1.74.